The van der Waals surface area contributed by atoms with Crippen LogP contribution in [0.3, 0.4) is 0 Å². The standard InChI is InChI=1S/C53H76N6O15/c1-30(2)23-40-44(60)27-34(9)47(61)55(12)42(25-32(5)6)52(66)74-46(29-37-17-21-39(22-18-37)59(70)71)50(64)57(14)41(24-31(3)4)51(65)72-35(10)48(62)56(13)43(26-33(7)8)53(67)73-45(49(63)54(40)11)28-36-15-19-38(20-16-36)58(68)69/h15-22,30-35,40-43,45-46H,23-29H2,1-14H3. The van der Waals surface area contributed by atoms with Crippen molar-refractivity contribution >= 4 is 58.7 Å². The molecule has 0 saturated carbocycles. The highest BCUT2D eigenvalue weighted by Crippen LogP contribution is 2.26. The number of Topliss-reactive ketones (excluding diaryl/α,β-unsaturated/α-hetero) is 1. The van der Waals surface area contributed by atoms with E-state index in [1.165, 1.54) is 90.6 Å². The summed E-state index contributed by atoms with van der Waals surface area (Å²) in [6, 6.07) is 5.34. The van der Waals surface area contributed by atoms with Crippen LogP contribution in [-0.2, 0) is 65.4 Å². The number of cyclic esters (lactones) is 3. The molecule has 0 N–H and O–H groups in total. The number of amides is 4. The third-order valence-corrected chi connectivity index (χ3v) is 13.0. The van der Waals surface area contributed by atoms with Gasteiger partial charge in [-0.15, -0.1) is 0 Å². The summed E-state index contributed by atoms with van der Waals surface area (Å²) in [7, 11) is 5.37. The molecule has 1 aliphatic rings. The van der Waals surface area contributed by atoms with E-state index in [1.54, 1.807) is 27.7 Å². The van der Waals surface area contributed by atoms with Crippen LogP contribution in [0.4, 0.5) is 11.4 Å². The molecule has 4 amide bonds. The maximum Gasteiger partial charge on any atom is 0.329 e. The number of rotatable bonds is 14. The fraction of sp³-hybridized carbons (Fsp3) is 0.623. The predicted octanol–water partition coefficient (Wildman–Crippen LogP) is 6.14. The maximum atomic E-state index is 14.8. The van der Waals surface area contributed by atoms with E-state index in [0.717, 1.165) is 19.6 Å². The second-order valence-electron chi connectivity index (χ2n) is 21.1. The lowest BCUT2D eigenvalue weighted by Crippen LogP contribution is -2.54. The summed E-state index contributed by atoms with van der Waals surface area (Å²) in [5, 5.41) is 23.0. The van der Waals surface area contributed by atoms with Crippen LogP contribution in [0.1, 0.15) is 112 Å². The zero-order valence-electron chi connectivity index (χ0n) is 45.3. The number of hydrogen-bond acceptors (Lipinski definition) is 15. The Morgan fingerprint density at radius 3 is 1.11 bits per heavy atom. The largest absolute Gasteiger partial charge is 0.451 e. The Bertz CT molecular complexity index is 2160. The summed E-state index contributed by atoms with van der Waals surface area (Å²) in [5.41, 5.74) is 0.273. The number of ketones is 1. The first-order chi connectivity index (χ1) is 34.4. The van der Waals surface area contributed by atoms with Gasteiger partial charge < -0.3 is 33.8 Å². The zero-order chi connectivity index (χ0) is 56.0. The summed E-state index contributed by atoms with van der Waals surface area (Å²) in [5.74, 6) is -8.55. The van der Waals surface area contributed by atoms with E-state index in [0.29, 0.717) is 11.1 Å². The summed E-state index contributed by atoms with van der Waals surface area (Å²) >= 11 is 0. The molecule has 1 fully saturated rings. The lowest BCUT2D eigenvalue weighted by Gasteiger charge is -2.35. The molecular formula is C53H76N6O15. The van der Waals surface area contributed by atoms with Crippen molar-refractivity contribution in [2.24, 2.45) is 29.6 Å². The average molecular weight is 1040 g/mol. The third-order valence-electron chi connectivity index (χ3n) is 13.0. The number of ether oxygens (including phenoxy) is 3. The predicted molar refractivity (Wildman–Crippen MR) is 272 cm³/mol. The molecule has 0 spiro atoms. The van der Waals surface area contributed by atoms with Crippen molar-refractivity contribution in [1.29, 1.82) is 0 Å². The molecule has 1 aliphatic heterocycles. The molecule has 21 nitrogen and oxygen atoms in total. The van der Waals surface area contributed by atoms with Crippen LogP contribution in [0.5, 0.6) is 0 Å². The van der Waals surface area contributed by atoms with E-state index in [2.05, 4.69) is 0 Å². The van der Waals surface area contributed by atoms with E-state index in [9.17, 15) is 58.6 Å². The summed E-state index contributed by atoms with van der Waals surface area (Å²) in [4.78, 5) is 142. The van der Waals surface area contributed by atoms with Crippen LogP contribution < -0.4 is 0 Å². The number of esters is 3. The Kier molecular flexibility index (Phi) is 22.8. The normalized spacial score (nSPS) is 24.1. The van der Waals surface area contributed by atoms with Gasteiger partial charge in [-0.25, -0.2) is 14.4 Å². The monoisotopic (exact) mass is 1040 g/mol. The first-order valence-corrected chi connectivity index (χ1v) is 25.1. The van der Waals surface area contributed by atoms with Gasteiger partial charge in [0.1, 0.15) is 18.1 Å². The number of likely N-dealkylation sites (N-methyl/N-ethyl adjacent to an activating group) is 4. The number of nitro benzene ring substituents is 2. The van der Waals surface area contributed by atoms with Gasteiger partial charge in [-0.1, -0.05) is 86.6 Å². The number of benzene rings is 2. The van der Waals surface area contributed by atoms with Crippen molar-refractivity contribution < 1.29 is 62.4 Å². The Morgan fingerprint density at radius 2 is 0.770 bits per heavy atom. The van der Waals surface area contributed by atoms with Gasteiger partial charge in [0.15, 0.2) is 24.1 Å². The second kappa shape index (κ2) is 27.5. The van der Waals surface area contributed by atoms with Crippen LogP contribution in [0, 0.1) is 49.8 Å². The number of carbonyl (C=O) groups excluding carboxylic acids is 8. The number of non-ortho nitro benzene ring substituents is 2. The van der Waals surface area contributed by atoms with Gasteiger partial charge in [0.05, 0.1) is 15.9 Å². The lowest BCUT2D eigenvalue weighted by molar-refractivity contribution is -0.385. The van der Waals surface area contributed by atoms with Crippen molar-refractivity contribution in [2.45, 2.75) is 157 Å². The Labute approximate surface area is 433 Å². The average Bonchev–Trinajstić information content (AvgIpc) is 3.32. The van der Waals surface area contributed by atoms with E-state index in [4.69, 9.17) is 14.2 Å². The molecule has 0 aromatic heterocycles. The molecule has 0 bridgehead atoms. The fourth-order valence-corrected chi connectivity index (χ4v) is 8.79. The van der Waals surface area contributed by atoms with Crippen LogP contribution in [0.25, 0.3) is 0 Å². The highest BCUT2D eigenvalue weighted by molar-refractivity contribution is 5.96. The first-order valence-electron chi connectivity index (χ1n) is 25.1. The molecule has 8 atom stereocenters. The molecule has 1 heterocycles. The molecule has 1 saturated heterocycles. The number of carbonyl (C=O) groups is 8. The van der Waals surface area contributed by atoms with Gasteiger partial charge >= 0.3 is 17.9 Å². The van der Waals surface area contributed by atoms with Gasteiger partial charge in [0.2, 0.25) is 5.91 Å². The molecule has 2 aromatic rings. The quantitative estimate of drug-likeness (QED) is 0.0890. The summed E-state index contributed by atoms with van der Waals surface area (Å²) in [6.45, 7) is 17.2. The van der Waals surface area contributed by atoms with E-state index >= 15 is 0 Å². The molecule has 2 aromatic carbocycles. The minimum absolute atomic E-state index is 0.0127. The highest BCUT2D eigenvalue weighted by Gasteiger charge is 2.42. The molecule has 74 heavy (non-hydrogen) atoms. The van der Waals surface area contributed by atoms with Gasteiger partial charge in [-0.05, 0) is 67.4 Å². The topological polar surface area (TPSA) is 263 Å². The molecule has 8 unspecified atom stereocenters. The number of nitro groups is 2. The number of nitrogens with zero attached hydrogens (tertiary/aromatic N) is 6. The molecule has 408 valence electrons. The zero-order valence-corrected chi connectivity index (χ0v) is 45.3. The van der Waals surface area contributed by atoms with Crippen molar-refractivity contribution in [3.8, 4) is 0 Å². The summed E-state index contributed by atoms with van der Waals surface area (Å²) in [6.07, 6.45) is -5.61. The molecule has 0 aliphatic carbocycles. The molecule has 21 heteroatoms. The van der Waals surface area contributed by atoms with Crippen molar-refractivity contribution in [1.82, 2.24) is 19.6 Å². The van der Waals surface area contributed by atoms with Crippen LogP contribution in [-0.4, -0.2) is 147 Å². The van der Waals surface area contributed by atoms with Gasteiger partial charge in [-0.2, -0.15) is 0 Å². The Morgan fingerprint density at radius 1 is 0.473 bits per heavy atom. The SMILES string of the molecule is CC(C)CC1C(=O)OC(Cc2ccc([N+](=O)[O-])cc2)C(=O)N(C)C(CC(C)C)C(=O)OC(C)C(=O)N(C)C(CC(C)C)C(=O)OC(Cc2ccc([N+](=O)[O-])cc2)C(=O)N(C)C(CC(C)C)C(=O)CC(C)C(=O)N1C. The van der Waals surface area contributed by atoms with Gasteiger partial charge in [0, 0.05) is 77.6 Å². The van der Waals surface area contributed by atoms with Crippen LogP contribution in [0.15, 0.2) is 48.5 Å². The van der Waals surface area contributed by atoms with E-state index < -0.39 is 112 Å². The number of hydrogen-bond donors (Lipinski definition) is 0. The van der Waals surface area contributed by atoms with E-state index in [-0.39, 0.29) is 73.6 Å². The van der Waals surface area contributed by atoms with Crippen LogP contribution >= 0.6 is 0 Å². The first kappa shape index (κ1) is 61.5. The molecule has 0 radical (unpaired) electrons. The molecular weight excluding hydrogens is 961 g/mol. The lowest BCUT2D eigenvalue weighted by atomic mass is 9.91. The summed E-state index contributed by atoms with van der Waals surface area (Å²) < 4.78 is 17.8. The smallest absolute Gasteiger partial charge is 0.329 e. The minimum Gasteiger partial charge on any atom is -0.451 e. The van der Waals surface area contributed by atoms with Crippen LogP contribution in [0.2, 0.25) is 0 Å². The Hall–Kier alpha value is -6.80. The highest BCUT2D eigenvalue weighted by atomic mass is 16.6. The molecule has 3 rings (SSSR count). The van der Waals surface area contributed by atoms with Gasteiger partial charge in [-0.3, -0.25) is 44.2 Å². The van der Waals surface area contributed by atoms with Gasteiger partial charge in [0.25, 0.3) is 29.1 Å². The van der Waals surface area contributed by atoms with Crippen molar-refractivity contribution in [3.05, 3.63) is 79.9 Å². The maximum absolute atomic E-state index is 14.8. The van der Waals surface area contributed by atoms with Crippen molar-refractivity contribution in [3.63, 3.8) is 0 Å². The van der Waals surface area contributed by atoms with Crippen molar-refractivity contribution in [2.75, 3.05) is 28.2 Å². The fourth-order valence-electron chi connectivity index (χ4n) is 8.79. The third kappa shape index (κ3) is 17.1. The second-order valence-corrected chi connectivity index (χ2v) is 21.1. The minimum atomic E-state index is -1.65. The Balaban J connectivity index is 2.29. The van der Waals surface area contributed by atoms with E-state index in [1.807, 2.05) is 27.7 Å².